The predicted molar refractivity (Wildman–Crippen MR) is 57.9 cm³/mol. The Balaban J connectivity index is 3.27. The normalized spacial score (nSPS) is 12.4. The van der Waals surface area contributed by atoms with Crippen molar-refractivity contribution in [2.75, 3.05) is 14.2 Å². The lowest BCUT2D eigenvalue weighted by molar-refractivity contribution is 0.197. The first-order valence-corrected chi connectivity index (χ1v) is 4.99. The molecule has 1 atom stereocenters. The highest BCUT2D eigenvalue weighted by Gasteiger charge is 2.14. The van der Waals surface area contributed by atoms with E-state index >= 15 is 0 Å². The zero-order chi connectivity index (χ0) is 10.7. The van der Waals surface area contributed by atoms with Crippen molar-refractivity contribution >= 4 is 15.9 Å². The number of methoxy groups -OCH3 is 2. The van der Waals surface area contributed by atoms with Gasteiger partial charge in [0.2, 0.25) is 0 Å². The third-order valence-electron chi connectivity index (χ3n) is 1.96. The van der Waals surface area contributed by atoms with Crippen LogP contribution < -0.4 is 9.47 Å². The summed E-state index contributed by atoms with van der Waals surface area (Å²) in [6.45, 7) is 1.70. The van der Waals surface area contributed by atoms with Crippen LogP contribution in [0.2, 0.25) is 0 Å². The van der Waals surface area contributed by atoms with Gasteiger partial charge in [-0.15, -0.1) is 0 Å². The first kappa shape index (κ1) is 11.3. The Kier molecular flexibility index (Phi) is 3.77. The standard InChI is InChI=1S/C10H13BrO3/c1-6(12)7-4-5-8(13-2)10(14-3)9(7)11/h4-6,12H,1-3H3. The molecule has 0 radical (unpaired) electrons. The summed E-state index contributed by atoms with van der Waals surface area (Å²) in [5.74, 6) is 1.25. The highest BCUT2D eigenvalue weighted by atomic mass is 79.9. The second-order valence-corrected chi connectivity index (χ2v) is 3.67. The molecule has 1 rings (SSSR count). The van der Waals surface area contributed by atoms with E-state index in [0.717, 1.165) is 10.0 Å². The smallest absolute Gasteiger partial charge is 0.175 e. The highest BCUT2D eigenvalue weighted by molar-refractivity contribution is 9.10. The van der Waals surface area contributed by atoms with E-state index in [0.29, 0.717) is 11.5 Å². The van der Waals surface area contributed by atoms with Crippen molar-refractivity contribution in [1.29, 1.82) is 0 Å². The summed E-state index contributed by atoms with van der Waals surface area (Å²) >= 11 is 3.37. The Morgan fingerprint density at radius 1 is 1.29 bits per heavy atom. The van der Waals surface area contributed by atoms with E-state index in [4.69, 9.17) is 9.47 Å². The van der Waals surface area contributed by atoms with Gasteiger partial charge < -0.3 is 14.6 Å². The summed E-state index contributed by atoms with van der Waals surface area (Å²) in [5.41, 5.74) is 0.780. The lowest BCUT2D eigenvalue weighted by Crippen LogP contribution is -1.97. The minimum absolute atomic E-state index is 0.538. The van der Waals surface area contributed by atoms with Crippen LogP contribution in [0.4, 0.5) is 0 Å². The van der Waals surface area contributed by atoms with Crippen LogP contribution in [-0.2, 0) is 0 Å². The summed E-state index contributed by atoms with van der Waals surface area (Å²) in [5, 5.41) is 9.46. The number of rotatable bonds is 3. The third-order valence-corrected chi connectivity index (χ3v) is 2.78. The Hall–Kier alpha value is -0.740. The van der Waals surface area contributed by atoms with Crippen LogP contribution in [0.25, 0.3) is 0 Å². The topological polar surface area (TPSA) is 38.7 Å². The minimum atomic E-state index is -0.538. The zero-order valence-electron chi connectivity index (χ0n) is 8.37. The minimum Gasteiger partial charge on any atom is -0.493 e. The summed E-state index contributed by atoms with van der Waals surface area (Å²) in [6.07, 6.45) is -0.538. The van der Waals surface area contributed by atoms with Gasteiger partial charge in [0.05, 0.1) is 24.8 Å². The van der Waals surface area contributed by atoms with E-state index in [9.17, 15) is 5.11 Å². The summed E-state index contributed by atoms with van der Waals surface area (Å²) in [7, 11) is 3.14. The molecular formula is C10H13BrO3. The zero-order valence-corrected chi connectivity index (χ0v) is 9.96. The third kappa shape index (κ3) is 2.01. The SMILES string of the molecule is COc1ccc(C(C)O)c(Br)c1OC. The second kappa shape index (κ2) is 4.66. The Labute approximate surface area is 91.8 Å². The largest absolute Gasteiger partial charge is 0.493 e. The molecule has 0 saturated carbocycles. The van der Waals surface area contributed by atoms with Crippen molar-refractivity contribution < 1.29 is 14.6 Å². The predicted octanol–water partition coefficient (Wildman–Crippen LogP) is 2.52. The van der Waals surface area contributed by atoms with Gasteiger partial charge in [0.25, 0.3) is 0 Å². The van der Waals surface area contributed by atoms with Crippen LogP contribution in [0.1, 0.15) is 18.6 Å². The molecule has 3 nitrogen and oxygen atoms in total. The molecule has 78 valence electrons. The molecule has 0 aliphatic rings. The van der Waals surface area contributed by atoms with Crippen molar-refractivity contribution in [2.45, 2.75) is 13.0 Å². The van der Waals surface area contributed by atoms with Crippen molar-refractivity contribution in [2.24, 2.45) is 0 Å². The summed E-state index contributed by atoms with van der Waals surface area (Å²) < 4.78 is 11.0. The fourth-order valence-electron chi connectivity index (χ4n) is 1.23. The Bertz CT molecular complexity index is 323. The van der Waals surface area contributed by atoms with Crippen LogP contribution in [0.3, 0.4) is 0 Å². The first-order valence-electron chi connectivity index (χ1n) is 4.20. The van der Waals surface area contributed by atoms with E-state index in [2.05, 4.69) is 15.9 Å². The van der Waals surface area contributed by atoms with Gasteiger partial charge in [0, 0.05) is 0 Å². The second-order valence-electron chi connectivity index (χ2n) is 2.88. The van der Waals surface area contributed by atoms with E-state index in [1.807, 2.05) is 0 Å². The molecule has 0 amide bonds. The van der Waals surface area contributed by atoms with Gasteiger partial charge in [-0.2, -0.15) is 0 Å². The monoisotopic (exact) mass is 260 g/mol. The van der Waals surface area contributed by atoms with Gasteiger partial charge in [-0.05, 0) is 34.5 Å². The van der Waals surface area contributed by atoms with Crippen molar-refractivity contribution in [3.05, 3.63) is 22.2 Å². The molecule has 0 heterocycles. The van der Waals surface area contributed by atoms with Gasteiger partial charge in [-0.1, -0.05) is 6.07 Å². The lowest BCUT2D eigenvalue weighted by atomic mass is 10.1. The van der Waals surface area contributed by atoms with Gasteiger partial charge >= 0.3 is 0 Å². The average Bonchev–Trinajstić information content (AvgIpc) is 2.16. The molecule has 0 spiro atoms. The van der Waals surface area contributed by atoms with E-state index < -0.39 is 6.10 Å². The van der Waals surface area contributed by atoms with E-state index in [1.165, 1.54) is 0 Å². The molecule has 0 saturated heterocycles. The maximum atomic E-state index is 9.46. The first-order chi connectivity index (χ1) is 6.61. The Morgan fingerprint density at radius 3 is 2.36 bits per heavy atom. The molecule has 1 aromatic rings. The maximum Gasteiger partial charge on any atom is 0.175 e. The molecule has 1 N–H and O–H groups in total. The molecule has 0 fully saturated rings. The molecule has 14 heavy (non-hydrogen) atoms. The van der Waals surface area contributed by atoms with Crippen LogP contribution in [0.5, 0.6) is 11.5 Å². The Morgan fingerprint density at radius 2 is 1.93 bits per heavy atom. The number of benzene rings is 1. The number of halogens is 1. The highest BCUT2D eigenvalue weighted by Crippen LogP contribution is 2.39. The average molecular weight is 261 g/mol. The molecule has 0 aliphatic heterocycles. The van der Waals surface area contributed by atoms with E-state index in [-0.39, 0.29) is 0 Å². The summed E-state index contributed by atoms with van der Waals surface area (Å²) in [6, 6.07) is 3.57. The quantitative estimate of drug-likeness (QED) is 0.908. The lowest BCUT2D eigenvalue weighted by Gasteiger charge is -2.14. The van der Waals surface area contributed by atoms with Gasteiger partial charge in [-0.25, -0.2) is 0 Å². The number of aliphatic hydroxyl groups is 1. The number of ether oxygens (including phenoxy) is 2. The van der Waals surface area contributed by atoms with Gasteiger partial charge in [0.15, 0.2) is 11.5 Å². The maximum absolute atomic E-state index is 9.46. The van der Waals surface area contributed by atoms with Crippen molar-refractivity contribution in [3.63, 3.8) is 0 Å². The molecule has 1 aromatic carbocycles. The molecule has 1 unspecified atom stereocenters. The molecule has 4 heteroatoms. The number of aliphatic hydroxyl groups excluding tert-OH is 1. The number of hydrogen-bond donors (Lipinski definition) is 1. The fraction of sp³-hybridized carbons (Fsp3) is 0.400. The summed E-state index contributed by atoms with van der Waals surface area (Å²) in [4.78, 5) is 0. The molecule has 0 aromatic heterocycles. The van der Waals surface area contributed by atoms with E-state index in [1.54, 1.807) is 33.3 Å². The molecule has 0 aliphatic carbocycles. The van der Waals surface area contributed by atoms with Crippen LogP contribution in [-0.4, -0.2) is 19.3 Å². The van der Waals surface area contributed by atoms with Gasteiger partial charge in [-0.3, -0.25) is 0 Å². The van der Waals surface area contributed by atoms with Crippen LogP contribution in [0.15, 0.2) is 16.6 Å². The van der Waals surface area contributed by atoms with Crippen molar-refractivity contribution in [3.8, 4) is 11.5 Å². The van der Waals surface area contributed by atoms with Crippen LogP contribution >= 0.6 is 15.9 Å². The molecular weight excluding hydrogens is 248 g/mol. The van der Waals surface area contributed by atoms with Crippen LogP contribution in [0, 0.1) is 0 Å². The van der Waals surface area contributed by atoms with Crippen molar-refractivity contribution in [1.82, 2.24) is 0 Å². The fourth-order valence-corrected chi connectivity index (χ4v) is 2.05. The van der Waals surface area contributed by atoms with Gasteiger partial charge in [0.1, 0.15) is 0 Å². The molecule has 0 bridgehead atoms. The number of hydrogen-bond acceptors (Lipinski definition) is 3.